The number of nitrogens with zero attached hydrogens (tertiary/aromatic N) is 2. The molecule has 1 saturated heterocycles. The molecule has 3 N–H and O–H groups in total. The third-order valence-corrected chi connectivity index (χ3v) is 7.32. The number of carboxylic acids is 1. The van der Waals surface area contributed by atoms with Crippen molar-refractivity contribution in [3.05, 3.63) is 0 Å². The van der Waals surface area contributed by atoms with Gasteiger partial charge in [0.15, 0.2) is 5.92 Å². The van der Waals surface area contributed by atoms with Crippen LogP contribution in [0.5, 0.6) is 0 Å². The number of piperazine rings is 1. The van der Waals surface area contributed by atoms with Crippen LogP contribution in [0.15, 0.2) is 0 Å². The van der Waals surface area contributed by atoms with E-state index >= 15 is 0 Å². The van der Waals surface area contributed by atoms with E-state index < -0.39 is 42.7 Å². The number of carboxylic acid groups (broad SMARTS) is 1. The van der Waals surface area contributed by atoms with Crippen molar-refractivity contribution in [3.63, 3.8) is 0 Å². The summed E-state index contributed by atoms with van der Waals surface area (Å²) < 4.78 is 29.3. The number of rotatable bonds is 13. The average Bonchev–Trinajstić information content (AvgIpc) is 2.70. The molecule has 0 aromatic carbocycles. The normalized spacial score (nSPS) is 17.5. The number of ether oxygens (including phenoxy) is 1. The van der Waals surface area contributed by atoms with Crippen molar-refractivity contribution < 1.29 is 37.8 Å². The number of esters is 1. The van der Waals surface area contributed by atoms with E-state index in [2.05, 4.69) is 4.90 Å². The highest BCUT2D eigenvalue weighted by atomic mass is 31.2. The summed E-state index contributed by atoms with van der Waals surface area (Å²) >= 11 is 0. The zero-order valence-electron chi connectivity index (χ0n) is 20.4. The van der Waals surface area contributed by atoms with Crippen LogP contribution in [0.25, 0.3) is 0 Å². The van der Waals surface area contributed by atoms with Crippen LogP contribution in [0.4, 0.5) is 0 Å². The first-order chi connectivity index (χ1) is 15.3. The molecule has 1 heterocycles. The number of unbranched alkanes of at least 4 members (excludes halogenated alkanes) is 1. The van der Waals surface area contributed by atoms with Gasteiger partial charge in [0.05, 0.1) is 13.2 Å². The number of carbonyl (C=O) groups is 3. The van der Waals surface area contributed by atoms with Gasteiger partial charge in [-0.05, 0) is 54.0 Å². The van der Waals surface area contributed by atoms with E-state index in [1.54, 1.807) is 34.6 Å². The first-order valence-corrected chi connectivity index (χ1v) is 13.1. The topological polar surface area (TPSA) is 149 Å². The molecule has 2 unspecified atom stereocenters. The van der Waals surface area contributed by atoms with E-state index in [0.29, 0.717) is 32.6 Å². The molecular formula is C21H40N3O8P. The van der Waals surface area contributed by atoms with E-state index in [1.807, 2.05) is 0 Å². The summed E-state index contributed by atoms with van der Waals surface area (Å²) in [4.78, 5) is 40.7. The fourth-order valence-electron chi connectivity index (χ4n) is 3.50. The molecule has 0 saturated carbocycles. The van der Waals surface area contributed by atoms with Crippen molar-refractivity contribution in [2.24, 2.45) is 11.7 Å². The zero-order valence-corrected chi connectivity index (χ0v) is 21.3. The van der Waals surface area contributed by atoms with Crippen LogP contribution in [0.3, 0.4) is 0 Å². The molecule has 1 aliphatic rings. The molecule has 12 heteroatoms. The SMILES string of the molecule is CCOP(=O)(OCC)C(N)C(C(=O)OC(C)(C)C)C(=O)N1CCN(CCCCC(=O)O)CC1. The quantitative estimate of drug-likeness (QED) is 0.169. The van der Waals surface area contributed by atoms with E-state index in [0.717, 1.165) is 13.0 Å². The van der Waals surface area contributed by atoms with Crippen LogP contribution < -0.4 is 5.73 Å². The highest BCUT2D eigenvalue weighted by Gasteiger charge is 2.49. The van der Waals surface area contributed by atoms with Crippen molar-refractivity contribution in [3.8, 4) is 0 Å². The molecule has 0 spiro atoms. The average molecular weight is 494 g/mol. The number of carbonyl (C=O) groups excluding carboxylic acids is 2. The lowest BCUT2D eigenvalue weighted by Gasteiger charge is -2.38. The molecule has 0 aromatic heterocycles. The maximum Gasteiger partial charge on any atom is 0.348 e. The Bertz CT molecular complexity index is 694. The molecule has 2 atom stereocenters. The van der Waals surface area contributed by atoms with Crippen molar-refractivity contribution >= 4 is 25.4 Å². The van der Waals surface area contributed by atoms with E-state index in [9.17, 15) is 18.9 Å². The smallest absolute Gasteiger partial charge is 0.348 e. The maximum absolute atomic E-state index is 13.4. The molecule has 0 aliphatic carbocycles. The van der Waals surface area contributed by atoms with Gasteiger partial charge in [-0.25, -0.2) is 0 Å². The Morgan fingerprint density at radius 2 is 1.58 bits per heavy atom. The second kappa shape index (κ2) is 13.4. The van der Waals surface area contributed by atoms with Crippen LogP contribution in [-0.2, 0) is 32.7 Å². The Morgan fingerprint density at radius 1 is 1.03 bits per heavy atom. The summed E-state index contributed by atoms with van der Waals surface area (Å²) in [5.74, 6) is -5.28. The van der Waals surface area contributed by atoms with Gasteiger partial charge in [0.2, 0.25) is 5.91 Å². The van der Waals surface area contributed by atoms with Gasteiger partial charge in [0.1, 0.15) is 11.4 Å². The first-order valence-electron chi connectivity index (χ1n) is 11.4. The number of aliphatic carboxylic acids is 1. The van der Waals surface area contributed by atoms with Crippen molar-refractivity contribution in [1.82, 2.24) is 9.80 Å². The molecule has 192 valence electrons. The largest absolute Gasteiger partial charge is 0.481 e. The Labute approximate surface area is 196 Å². The Hall–Kier alpha value is -1.52. The number of hydrogen-bond donors (Lipinski definition) is 2. The maximum atomic E-state index is 13.4. The van der Waals surface area contributed by atoms with Crippen molar-refractivity contribution in [1.29, 1.82) is 0 Å². The van der Waals surface area contributed by atoms with Gasteiger partial charge >= 0.3 is 19.5 Å². The lowest BCUT2D eigenvalue weighted by atomic mass is 10.1. The van der Waals surface area contributed by atoms with E-state index in [4.69, 9.17) is 24.6 Å². The van der Waals surface area contributed by atoms with Gasteiger partial charge in [-0.1, -0.05) is 0 Å². The van der Waals surface area contributed by atoms with Crippen LogP contribution in [0, 0.1) is 5.92 Å². The number of amides is 1. The van der Waals surface area contributed by atoms with Crippen LogP contribution in [0.1, 0.15) is 53.9 Å². The fourth-order valence-corrected chi connectivity index (χ4v) is 5.26. The molecule has 1 rings (SSSR count). The Balaban J connectivity index is 2.94. The minimum Gasteiger partial charge on any atom is -0.481 e. The van der Waals surface area contributed by atoms with Gasteiger partial charge < -0.3 is 29.5 Å². The van der Waals surface area contributed by atoms with Crippen LogP contribution in [-0.4, -0.2) is 90.1 Å². The Morgan fingerprint density at radius 3 is 2.03 bits per heavy atom. The Kier molecular flexibility index (Phi) is 12.0. The lowest BCUT2D eigenvalue weighted by molar-refractivity contribution is -0.165. The summed E-state index contributed by atoms with van der Waals surface area (Å²) in [5, 5.41) is 8.74. The predicted octanol–water partition coefficient (Wildman–Crippen LogP) is 1.89. The predicted molar refractivity (Wildman–Crippen MR) is 123 cm³/mol. The van der Waals surface area contributed by atoms with Gasteiger partial charge in [0, 0.05) is 32.6 Å². The molecule has 0 aromatic rings. The molecule has 0 radical (unpaired) electrons. The van der Waals surface area contributed by atoms with Gasteiger partial charge in [0.25, 0.3) is 0 Å². The van der Waals surface area contributed by atoms with Gasteiger partial charge in [-0.2, -0.15) is 0 Å². The molecule has 11 nitrogen and oxygen atoms in total. The van der Waals surface area contributed by atoms with Crippen LogP contribution >= 0.6 is 7.60 Å². The molecule has 1 amide bonds. The molecule has 33 heavy (non-hydrogen) atoms. The summed E-state index contributed by atoms with van der Waals surface area (Å²) in [6.45, 7) is 10.9. The highest BCUT2D eigenvalue weighted by Crippen LogP contribution is 2.53. The summed E-state index contributed by atoms with van der Waals surface area (Å²) in [5.41, 5.74) is 5.34. The third kappa shape index (κ3) is 9.70. The van der Waals surface area contributed by atoms with E-state index in [1.165, 1.54) is 4.90 Å². The minimum absolute atomic E-state index is 0.0424. The monoisotopic (exact) mass is 493 g/mol. The highest BCUT2D eigenvalue weighted by molar-refractivity contribution is 7.54. The first kappa shape index (κ1) is 29.5. The van der Waals surface area contributed by atoms with Crippen molar-refractivity contribution in [2.45, 2.75) is 65.3 Å². The van der Waals surface area contributed by atoms with Gasteiger partial charge in [-0.15, -0.1) is 0 Å². The summed E-state index contributed by atoms with van der Waals surface area (Å²) in [7, 11) is -3.96. The molecule has 1 fully saturated rings. The van der Waals surface area contributed by atoms with Gasteiger partial charge in [-0.3, -0.25) is 23.8 Å². The lowest BCUT2D eigenvalue weighted by Crippen LogP contribution is -2.55. The molecule has 0 bridgehead atoms. The number of hydrogen-bond acceptors (Lipinski definition) is 9. The number of nitrogens with two attached hydrogens (primary N) is 1. The molecule has 1 aliphatic heterocycles. The van der Waals surface area contributed by atoms with Crippen molar-refractivity contribution in [2.75, 3.05) is 45.9 Å². The van der Waals surface area contributed by atoms with E-state index in [-0.39, 0.29) is 19.6 Å². The summed E-state index contributed by atoms with van der Waals surface area (Å²) in [6.07, 6.45) is 1.47. The second-order valence-corrected chi connectivity index (χ2v) is 11.1. The summed E-state index contributed by atoms with van der Waals surface area (Å²) in [6, 6.07) is 0. The fraction of sp³-hybridized carbons (Fsp3) is 0.857. The minimum atomic E-state index is -3.96. The second-order valence-electron chi connectivity index (χ2n) is 8.89. The third-order valence-electron chi connectivity index (χ3n) is 5.05. The standard InChI is InChI=1S/C21H40N3O8P/c1-6-30-33(29,31-7-2)18(22)17(20(28)32-21(3,4)5)19(27)24-14-12-23(13-15-24)11-9-8-10-16(25)26/h17-18H,6-15,22H2,1-5H3,(H,25,26). The molecular weight excluding hydrogens is 453 g/mol. The zero-order chi connectivity index (χ0) is 25.2. The van der Waals surface area contributed by atoms with Crippen LogP contribution in [0.2, 0.25) is 0 Å².